The number of amides is 4. The smallest absolute Gasteiger partial charge is 0.237 e. The van der Waals surface area contributed by atoms with E-state index in [4.69, 9.17) is 9.47 Å². The van der Waals surface area contributed by atoms with E-state index in [0.29, 0.717) is 22.9 Å². The van der Waals surface area contributed by atoms with Gasteiger partial charge in [0.2, 0.25) is 30.4 Å². The molecule has 35 heavy (non-hydrogen) atoms. The zero-order valence-electron chi connectivity index (χ0n) is 20.4. The fourth-order valence-corrected chi connectivity index (χ4v) is 4.44. The Bertz CT molecular complexity index is 1030. The van der Waals surface area contributed by atoms with Crippen LogP contribution in [0.15, 0.2) is 48.5 Å². The normalized spacial score (nSPS) is 20.5. The first-order valence-electron chi connectivity index (χ1n) is 11.9. The maximum atomic E-state index is 12.6. The fourth-order valence-electron chi connectivity index (χ4n) is 4.44. The van der Waals surface area contributed by atoms with Gasteiger partial charge in [-0.1, -0.05) is 27.7 Å². The topological polar surface area (TPSA) is 93.2 Å². The SMILES string of the molecule is CC(C)C1CC(=O)N(c2ccc(OCOc3ccc(N4C(=O)CC(C(C)C)C4=O)cc3)cc2)C1=O. The third-order valence-electron chi connectivity index (χ3n) is 6.61. The van der Waals surface area contributed by atoms with Gasteiger partial charge in [-0.05, 0) is 60.4 Å². The number of rotatable bonds is 8. The number of benzene rings is 2. The highest BCUT2D eigenvalue weighted by Gasteiger charge is 2.41. The van der Waals surface area contributed by atoms with Crippen LogP contribution < -0.4 is 19.3 Å². The van der Waals surface area contributed by atoms with Gasteiger partial charge < -0.3 is 9.47 Å². The lowest BCUT2D eigenvalue weighted by atomic mass is 9.94. The summed E-state index contributed by atoms with van der Waals surface area (Å²) >= 11 is 0. The van der Waals surface area contributed by atoms with Crippen LogP contribution in [-0.4, -0.2) is 30.4 Å². The van der Waals surface area contributed by atoms with Crippen LogP contribution in [0.5, 0.6) is 11.5 Å². The molecule has 8 heteroatoms. The van der Waals surface area contributed by atoms with E-state index in [-0.39, 0.29) is 66.9 Å². The van der Waals surface area contributed by atoms with Gasteiger partial charge in [-0.3, -0.25) is 29.0 Å². The van der Waals surface area contributed by atoms with Gasteiger partial charge in [0.15, 0.2) is 0 Å². The van der Waals surface area contributed by atoms with E-state index < -0.39 is 0 Å². The third-order valence-corrected chi connectivity index (χ3v) is 6.61. The number of nitrogens with zero attached hydrogens (tertiary/aromatic N) is 2. The van der Waals surface area contributed by atoms with Crippen molar-refractivity contribution in [2.45, 2.75) is 40.5 Å². The zero-order chi connectivity index (χ0) is 25.3. The molecule has 2 aliphatic rings. The summed E-state index contributed by atoms with van der Waals surface area (Å²) in [5.74, 6) is 0.00312. The first kappa shape index (κ1) is 24.4. The molecule has 2 atom stereocenters. The van der Waals surface area contributed by atoms with Gasteiger partial charge in [0.25, 0.3) is 0 Å². The Hall–Kier alpha value is -3.68. The lowest BCUT2D eigenvalue weighted by molar-refractivity contribution is -0.124. The van der Waals surface area contributed by atoms with Crippen molar-refractivity contribution in [3.8, 4) is 11.5 Å². The summed E-state index contributed by atoms with van der Waals surface area (Å²) < 4.78 is 11.2. The van der Waals surface area contributed by atoms with Crippen molar-refractivity contribution >= 4 is 35.0 Å². The molecule has 2 aromatic carbocycles. The molecule has 2 heterocycles. The Morgan fingerprint density at radius 1 is 0.657 bits per heavy atom. The average Bonchev–Trinajstić information content (AvgIpc) is 3.29. The minimum atomic E-state index is -0.281. The molecule has 2 fully saturated rings. The second kappa shape index (κ2) is 9.90. The monoisotopic (exact) mass is 478 g/mol. The summed E-state index contributed by atoms with van der Waals surface area (Å²) in [6.07, 6.45) is 0.472. The van der Waals surface area contributed by atoms with Crippen LogP contribution >= 0.6 is 0 Å². The molecule has 0 aliphatic carbocycles. The Labute approximate surface area is 204 Å². The fraction of sp³-hybridized carbons (Fsp3) is 0.407. The van der Waals surface area contributed by atoms with Crippen LogP contribution in [0, 0.1) is 23.7 Å². The number of anilines is 2. The largest absolute Gasteiger partial charge is 0.458 e. The number of ether oxygens (including phenoxy) is 2. The Morgan fingerprint density at radius 2 is 1.00 bits per heavy atom. The highest BCUT2D eigenvalue weighted by molar-refractivity contribution is 6.21. The third kappa shape index (κ3) is 4.92. The first-order chi connectivity index (χ1) is 16.7. The predicted molar refractivity (Wildman–Crippen MR) is 130 cm³/mol. The number of imide groups is 2. The lowest BCUT2D eigenvalue weighted by Crippen LogP contribution is -2.31. The van der Waals surface area contributed by atoms with Crippen LogP contribution in [0.2, 0.25) is 0 Å². The van der Waals surface area contributed by atoms with Crippen molar-refractivity contribution < 1.29 is 28.7 Å². The van der Waals surface area contributed by atoms with Crippen LogP contribution in [0.3, 0.4) is 0 Å². The molecule has 0 bridgehead atoms. The molecule has 8 nitrogen and oxygen atoms in total. The van der Waals surface area contributed by atoms with Crippen molar-refractivity contribution in [3.05, 3.63) is 48.5 Å². The minimum absolute atomic E-state index is 0.0628. The van der Waals surface area contributed by atoms with Crippen molar-refractivity contribution in [2.24, 2.45) is 23.7 Å². The number of hydrogen-bond acceptors (Lipinski definition) is 6. The molecule has 4 amide bonds. The summed E-state index contributed by atoms with van der Waals surface area (Å²) in [5.41, 5.74) is 1.05. The Balaban J connectivity index is 1.31. The average molecular weight is 479 g/mol. The molecule has 0 aromatic heterocycles. The predicted octanol–water partition coefficient (Wildman–Crippen LogP) is 4.17. The van der Waals surface area contributed by atoms with Gasteiger partial charge in [-0.2, -0.15) is 0 Å². The quantitative estimate of drug-likeness (QED) is 0.418. The van der Waals surface area contributed by atoms with Gasteiger partial charge >= 0.3 is 0 Å². The Morgan fingerprint density at radius 3 is 1.29 bits per heavy atom. The second-order valence-corrected chi connectivity index (χ2v) is 9.64. The molecule has 4 rings (SSSR count). The van der Waals surface area contributed by atoms with E-state index in [1.54, 1.807) is 48.5 Å². The van der Waals surface area contributed by atoms with E-state index in [1.807, 2.05) is 27.7 Å². The molecule has 184 valence electrons. The number of carbonyl (C=O) groups is 4. The molecule has 2 unspecified atom stereocenters. The maximum absolute atomic E-state index is 12.6. The summed E-state index contributed by atoms with van der Waals surface area (Å²) in [5, 5.41) is 0. The molecule has 2 saturated heterocycles. The molecule has 0 radical (unpaired) electrons. The molecule has 2 aliphatic heterocycles. The lowest BCUT2D eigenvalue weighted by Gasteiger charge is -2.17. The van der Waals surface area contributed by atoms with E-state index in [9.17, 15) is 19.2 Å². The van der Waals surface area contributed by atoms with E-state index in [1.165, 1.54) is 9.80 Å². The standard InChI is InChI=1S/C27H30N2O6/c1-16(2)22-13-24(30)28(26(22)32)18-5-9-20(10-6-18)34-15-35-21-11-7-19(8-12-21)29-25(31)14-23(17(3)4)27(29)33/h5-12,16-17,22-23H,13-15H2,1-4H3. The summed E-state index contributed by atoms with van der Waals surface area (Å²) in [6, 6.07) is 13.4. The summed E-state index contributed by atoms with van der Waals surface area (Å²) in [7, 11) is 0. The summed E-state index contributed by atoms with van der Waals surface area (Å²) in [6.45, 7) is 7.70. The van der Waals surface area contributed by atoms with Gasteiger partial charge in [-0.15, -0.1) is 0 Å². The van der Waals surface area contributed by atoms with Gasteiger partial charge in [0, 0.05) is 12.8 Å². The highest BCUT2D eigenvalue weighted by Crippen LogP contribution is 2.33. The van der Waals surface area contributed by atoms with E-state index in [2.05, 4.69) is 0 Å². The Kier molecular flexibility index (Phi) is 6.91. The molecule has 0 spiro atoms. The van der Waals surface area contributed by atoms with Crippen molar-refractivity contribution in [2.75, 3.05) is 16.6 Å². The summed E-state index contributed by atoms with van der Waals surface area (Å²) in [4.78, 5) is 52.3. The first-order valence-corrected chi connectivity index (χ1v) is 11.9. The zero-order valence-corrected chi connectivity index (χ0v) is 20.4. The van der Waals surface area contributed by atoms with E-state index >= 15 is 0 Å². The van der Waals surface area contributed by atoms with Crippen molar-refractivity contribution in [1.29, 1.82) is 0 Å². The molecule has 0 saturated carbocycles. The van der Waals surface area contributed by atoms with Crippen molar-refractivity contribution in [1.82, 2.24) is 0 Å². The molecular formula is C27H30N2O6. The van der Waals surface area contributed by atoms with Crippen molar-refractivity contribution in [3.63, 3.8) is 0 Å². The van der Waals surface area contributed by atoms with Gasteiger partial charge in [0.1, 0.15) is 11.5 Å². The van der Waals surface area contributed by atoms with Gasteiger partial charge in [0.05, 0.1) is 23.2 Å². The maximum Gasteiger partial charge on any atom is 0.237 e. The van der Waals surface area contributed by atoms with Crippen LogP contribution in [0.25, 0.3) is 0 Å². The van der Waals surface area contributed by atoms with E-state index in [0.717, 1.165) is 0 Å². The number of carbonyl (C=O) groups excluding carboxylic acids is 4. The van der Waals surface area contributed by atoms with Crippen LogP contribution in [0.1, 0.15) is 40.5 Å². The molecule has 2 aromatic rings. The minimum Gasteiger partial charge on any atom is -0.458 e. The second-order valence-electron chi connectivity index (χ2n) is 9.64. The highest BCUT2D eigenvalue weighted by atomic mass is 16.7. The molecular weight excluding hydrogens is 448 g/mol. The number of hydrogen-bond donors (Lipinski definition) is 0. The van der Waals surface area contributed by atoms with Crippen LogP contribution in [0.4, 0.5) is 11.4 Å². The van der Waals surface area contributed by atoms with Crippen LogP contribution in [-0.2, 0) is 19.2 Å². The van der Waals surface area contributed by atoms with Gasteiger partial charge in [-0.25, -0.2) is 0 Å². The molecule has 0 N–H and O–H groups in total.